The molecule has 2 aromatic rings. The molecule has 1 heteroatoms. The molecule has 0 bridgehead atoms. The van der Waals surface area contributed by atoms with Crippen molar-refractivity contribution in [3.05, 3.63) is 63.2 Å². The zero-order valence-corrected chi connectivity index (χ0v) is 15.5. The molecule has 0 radical (unpaired) electrons. The highest BCUT2D eigenvalue weighted by Gasteiger charge is 2.27. The van der Waals surface area contributed by atoms with Crippen molar-refractivity contribution in [3.8, 4) is 0 Å². The molecule has 0 N–H and O–H groups in total. The van der Waals surface area contributed by atoms with Gasteiger partial charge in [0.1, 0.15) is 0 Å². The molecule has 0 aliphatic carbocycles. The molecule has 1 aliphatic rings. The SMILES string of the molecule is Cc1cc(C)c(C2CCN(c3c(C)cc(C)cc3C)C2)c(C)c1. The first kappa shape index (κ1) is 16.1. The second kappa shape index (κ2) is 6.03. The molecule has 0 aromatic heterocycles. The van der Waals surface area contributed by atoms with Crippen molar-refractivity contribution in [1.82, 2.24) is 0 Å². The number of nitrogens with zero attached hydrogens (tertiary/aromatic N) is 1. The first-order valence-corrected chi connectivity index (χ1v) is 8.77. The minimum absolute atomic E-state index is 0.663. The topological polar surface area (TPSA) is 3.24 Å². The Balaban J connectivity index is 1.91. The third-order valence-electron chi connectivity index (χ3n) is 5.29. The smallest absolute Gasteiger partial charge is 0.0426 e. The lowest BCUT2D eigenvalue weighted by Crippen LogP contribution is -2.21. The van der Waals surface area contributed by atoms with Crippen molar-refractivity contribution in [3.63, 3.8) is 0 Å². The van der Waals surface area contributed by atoms with E-state index in [9.17, 15) is 0 Å². The lowest BCUT2D eigenvalue weighted by atomic mass is 9.89. The minimum atomic E-state index is 0.663. The second-order valence-electron chi connectivity index (χ2n) is 7.49. The van der Waals surface area contributed by atoms with Crippen LogP contribution >= 0.6 is 0 Å². The summed E-state index contributed by atoms with van der Waals surface area (Å²) in [6.07, 6.45) is 1.26. The quantitative estimate of drug-likeness (QED) is 0.705. The molecule has 1 unspecified atom stereocenters. The van der Waals surface area contributed by atoms with Crippen LogP contribution in [0.15, 0.2) is 24.3 Å². The van der Waals surface area contributed by atoms with E-state index in [1.54, 1.807) is 5.56 Å². The molecule has 122 valence electrons. The van der Waals surface area contributed by atoms with Gasteiger partial charge in [0.25, 0.3) is 0 Å². The molecule has 0 saturated carbocycles. The summed E-state index contributed by atoms with van der Waals surface area (Å²) in [5, 5.41) is 0. The van der Waals surface area contributed by atoms with E-state index in [1.807, 2.05) is 0 Å². The highest BCUT2D eigenvalue weighted by atomic mass is 15.2. The Morgan fingerprint density at radius 3 is 1.74 bits per heavy atom. The van der Waals surface area contributed by atoms with Crippen molar-refractivity contribution < 1.29 is 0 Å². The van der Waals surface area contributed by atoms with Crippen LogP contribution in [0.25, 0.3) is 0 Å². The molecule has 1 nitrogen and oxygen atoms in total. The van der Waals surface area contributed by atoms with Crippen LogP contribution in [0.5, 0.6) is 0 Å². The van der Waals surface area contributed by atoms with Crippen molar-refractivity contribution in [2.24, 2.45) is 0 Å². The van der Waals surface area contributed by atoms with Crippen molar-refractivity contribution in [1.29, 1.82) is 0 Å². The molecule has 1 aliphatic heterocycles. The Bertz CT molecular complexity index is 632. The summed E-state index contributed by atoms with van der Waals surface area (Å²) in [6.45, 7) is 15.8. The van der Waals surface area contributed by atoms with E-state index in [-0.39, 0.29) is 0 Å². The van der Waals surface area contributed by atoms with Crippen LogP contribution in [0.4, 0.5) is 5.69 Å². The highest BCUT2D eigenvalue weighted by Crippen LogP contribution is 2.37. The zero-order valence-electron chi connectivity index (χ0n) is 15.5. The van der Waals surface area contributed by atoms with Crippen LogP contribution in [0.2, 0.25) is 0 Å². The zero-order chi connectivity index (χ0) is 16.7. The van der Waals surface area contributed by atoms with Gasteiger partial charge in [-0.3, -0.25) is 0 Å². The third kappa shape index (κ3) is 3.02. The molecule has 23 heavy (non-hydrogen) atoms. The number of hydrogen-bond donors (Lipinski definition) is 0. The van der Waals surface area contributed by atoms with Gasteiger partial charge >= 0.3 is 0 Å². The summed E-state index contributed by atoms with van der Waals surface area (Å²) < 4.78 is 0. The number of benzene rings is 2. The average Bonchev–Trinajstić information content (AvgIpc) is 2.85. The second-order valence-corrected chi connectivity index (χ2v) is 7.49. The van der Waals surface area contributed by atoms with Crippen LogP contribution < -0.4 is 4.90 Å². The number of aryl methyl sites for hydroxylation is 6. The maximum absolute atomic E-state index is 2.60. The standard InChI is InChI=1S/C22H29N/c1-14-9-16(3)21(17(4)10-14)20-7-8-23(13-20)22-18(5)11-15(2)12-19(22)6/h9-12,20H,7-8,13H2,1-6H3. The number of rotatable bonds is 2. The monoisotopic (exact) mass is 307 g/mol. The molecule has 1 atom stereocenters. The molecular formula is C22H29N. The van der Waals surface area contributed by atoms with Gasteiger partial charge in [-0.25, -0.2) is 0 Å². The van der Waals surface area contributed by atoms with Gasteiger partial charge in [-0.15, -0.1) is 0 Å². The Hall–Kier alpha value is -1.76. The van der Waals surface area contributed by atoms with E-state index in [0.29, 0.717) is 5.92 Å². The maximum atomic E-state index is 2.60. The highest BCUT2D eigenvalue weighted by molar-refractivity contribution is 5.61. The lowest BCUT2D eigenvalue weighted by Gasteiger charge is -2.25. The molecule has 0 amide bonds. The molecule has 1 saturated heterocycles. The first-order valence-electron chi connectivity index (χ1n) is 8.77. The number of hydrogen-bond acceptors (Lipinski definition) is 1. The van der Waals surface area contributed by atoms with Gasteiger partial charge in [0.05, 0.1) is 0 Å². The molecule has 0 spiro atoms. The van der Waals surface area contributed by atoms with E-state index in [4.69, 9.17) is 0 Å². The summed E-state index contributed by atoms with van der Waals surface area (Å²) in [7, 11) is 0. The summed E-state index contributed by atoms with van der Waals surface area (Å²) in [4.78, 5) is 2.60. The number of anilines is 1. The maximum Gasteiger partial charge on any atom is 0.0426 e. The summed E-state index contributed by atoms with van der Waals surface area (Å²) >= 11 is 0. The predicted octanol–water partition coefficient (Wildman–Crippen LogP) is 5.53. The fourth-order valence-corrected chi connectivity index (χ4v) is 4.71. The van der Waals surface area contributed by atoms with Crippen molar-refractivity contribution in [2.75, 3.05) is 18.0 Å². The van der Waals surface area contributed by atoms with Crippen LogP contribution in [-0.4, -0.2) is 13.1 Å². The van der Waals surface area contributed by atoms with Gasteiger partial charge in [-0.05, 0) is 75.8 Å². The Labute approximate surface area is 141 Å². The van der Waals surface area contributed by atoms with Crippen LogP contribution in [0.1, 0.15) is 51.3 Å². The van der Waals surface area contributed by atoms with Crippen LogP contribution in [0, 0.1) is 41.5 Å². The average molecular weight is 307 g/mol. The fraction of sp³-hybridized carbons (Fsp3) is 0.455. The predicted molar refractivity (Wildman–Crippen MR) is 101 cm³/mol. The Morgan fingerprint density at radius 2 is 1.22 bits per heavy atom. The Morgan fingerprint density at radius 1 is 0.739 bits per heavy atom. The first-order chi connectivity index (χ1) is 10.9. The lowest BCUT2D eigenvalue weighted by molar-refractivity contribution is 0.761. The van der Waals surface area contributed by atoms with Gasteiger partial charge in [0.2, 0.25) is 0 Å². The molecule has 3 rings (SSSR count). The largest absolute Gasteiger partial charge is 0.370 e. The molecule has 1 heterocycles. The van der Waals surface area contributed by atoms with Gasteiger partial charge in [-0.1, -0.05) is 35.4 Å². The van der Waals surface area contributed by atoms with Gasteiger partial charge in [-0.2, -0.15) is 0 Å². The van der Waals surface area contributed by atoms with E-state index in [1.165, 1.54) is 52.0 Å². The normalized spacial score (nSPS) is 17.8. The van der Waals surface area contributed by atoms with Gasteiger partial charge in [0, 0.05) is 24.7 Å². The van der Waals surface area contributed by atoms with E-state index < -0.39 is 0 Å². The summed E-state index contributed by atoms with van der Waals surface area (Å²) in [5.41, 5.74) is 11.5. The third-order valence-corrected chi connectivity index (χ3v) is 5.29. The van der Waals surface area contributed by atoms with Gasteiger partial charge in [0.15, 0.2) is 0 Å². The summed E-state index contributed by atoms with van der Waals surface area (Å²) in [6, 6.07) is 9.32. The van der Waals surface area contributed by atoms with E-state index >= 15 is 0 Å². The van der Waals surface area contributed by atoms with Crippen LogP contribution in [-0.2, 0) is 0 Å². The van der Waals surface area contributed by atoms with E-state index in [0.717, 1.165) is 6.54 Å². The molecular weight excluding hydrogens is 278 g/mol. The van der Waals surface area contributed by atoms with Crippen molar-refractivity contribution in [2.45, 2.75) is 53.9 Å². The van der Waals surface area contributed by atoms with Crippen molar-refractivity contribution >= 4 is 5.69 Å². The molecule has 1 fully saturated rings. The fourth-order valence-electron chi connectivity index (χ4n) is 4.71. The Kier molecular flexibility index (Phi) is 4.23. The van der Waals surface area contributed by atoms with Crippen LogP contribution in [0.3, 0.4) is 0 Å². The summed E-state index contributed by atoms with van der Waals surface area (Å²) in [5.74, 6) is 0.663. The minimum Gasteiger partial charge on any atom is -0.370 e. The van der Waals surface area contributed by atoms with E-state index in [2.05, 4.69) is 70.7 Å². The molecule has 2 aromatic carbocycles. The van der Waals surface area contributed by atoms with Gasteiger partial charge < -0.3 is 4.90 Å².